The van der Waals surface area contributed by atoms with E-state index in [2.05, 4.69) is 27.7 Å². The summed E-state index contributed by atoms with van der Waals surface area (Å²) >= 11 is 0. The van der Waals surface area contributed by atoms with Crippen molar-refractivity contribution in [1.29, 1.82) is 0 Å². The minimum atomic E-state index is -0.437. The minimum absolute atomic E-state index is 0.0187. The van der Waals surface area contributed by atoms with Crippen LogP contribution >= 0.6 is 0 Å². The minimum Gasteiger partial charge on any atom is -0.326 e. The van der Waals surface area contributed by atoms with Crippen LogP contribution in [-0.2, 0) is 4.79 Å². The van der Waals surface area contributed by atoms with Gasteiger partial charge < -0.3 is 5.73 Å². The van der Waals surface area contributed by atoms with Crippen molar-refractivity contribution < 1.29 is 4.79 Å². The summed E-state index contributed by atoms with van der Waals surface area (Å²) in [5, 5.41) is 0. The van der Waals surface area contributed by atoms with Gasteiger partial charge in [0.2, 0.25) is 0 Å². The maximum atomic E-state index is 11.5. The molecular formula is C12H25NO. The van der Waals surface area contributed by atoms with Gasteiger partial charge in [-0.2, -0.15) is 0 Å². The molecule has 0 radical (unpaired) electrons. The van der Waals surface area contributed by atoms with E-state index >= 15 is 0 Å². The maximum absolute atomic E-state index is 11.5. The first-order chi connectivity index (χ1) is 6.04. The maximum Gasteiger partial charge on any atom is 0.136 e. The van der Waals surface area contributed by atoms with Gasteiger partial charge in [0.15, 0.2) is 0 Å². The normalized spacial score (nSPS) is 15.8. The fourth-order valence-corrected chi connectivity index (χ4v) is 1.51. The Morgan fingerprint density at radius 3 is 1.71 bits per heavy atom. The first-order valence-corrected chi connectivity index (χ1v) is 5.31. The van der Waals surface area contributed by atoms with Crippen molar-refractivity contribution in [2.24, 2.45) is 22.5 Å². The molecule has 1 unspecified atom stereocenters. The van der Waals surface area contributed by atoms with Gasteiger partial charge in [0.1, 0.15) is 5.78 Å². The van der Waals surface area contributed by atoms with Gasteiger partial charge in [-0.1, -0.05) is 41.5 Å². The van der Waals surface area contributed by atoms with Crippen LogP contribution in [0.15, 0.2) is 0 Å². The Morgan fingerprint density at radius 1 is 1.14 bits per heavy atom. The standard InChI is InChI=1S/C12H25NO/c1-8(2)11(4,5)10(13)12(6,7)9(3)14/h8,10H,13H2,1-7H3. The van der Waals surface area contributed by atoms with Gasteiger partial charge in [0, 0.05) is 11.5 Å². The van der Waals surface area contributed by atoms with Crippen molar-refractivity contribution in [3.63, 3.8) is 0 Å². The van der Waals surface area contributed by atoms with E-state index in [1.165, 1.54) is 0 Å². The molecule has 1 atom stereocenters. The largest absolute Gasteiger partial charge is 0.326 e. The molecule has 2 nitrogen and oxygen atoms in total. The number of Topliss-reactive ketones (excluding diaryl/α,β-unsaturated/α-hetero) is 1. The van der Waals surface area contributed by atoms with Gasteiger partial charge in [-0.25, -0.2) is 0 Å². The van der Waals surface area contributed by atoms with Gasteiger partial charge >= 0.3 is 0 Å². The quantitative estimate of drug-likeness (QED) is 0.756. The Labute approximate surface area is 88.3 Å². The van der Waals surface area contributed by atoms with Crippen molar-refractivity contribution in [1.82, 2.24) is 0 Å². The highest BCUT2D eigenvalue weighted by atomic mass is 16.1. The lowest BCUT2D eigenvalue weighted by Crippen LogP contribution is -2.53. The van der Waals surface area contributed by atoms with Crippen LogP contribution in [0, 0.1) is 16.7 Å². The predicted octanol–water partition coefficient (Wildman–Crippen LogP) is 2.61. The lowest BCUT2D eigenvalue weighted by Gasteiger charge is -2.43. The molecule has 0 aromatic heterocycles. The van der Waals surface area contributed by atoms with Crippen LogP contribution in [0.3, 0.4) is 0 Å². The zero-order valence-electron chi connectivity index (χ0n) is 10.6. The number of ketones is 1. The van der Waals surface area contributed by atoms with Crippen LogP contribution in [-0.4, -0.2) is 11.8 Å². The Balaban J connectivity index is 4.95. The highest BCUT2D eigenvalue weighted by molar-refractivity contribution is 5.82. The van der Waals surface area contributed by atoms with Crippen LogP contribution in [0.4, 0.5) is 0 Å². The van der Waals surface area contributed by atoms with Gasteiger partial charge in [-0.3, -0.25) is 4.79 Å². The third-order valence-corrected chi connectivity index (χ3v) is 3.97. The van der Waals surface area contributed by atoms with Crippen molar-refractivity contribution in [3.05, 3.63) is 0 Å². The summed E-state index contributed by atoms with van der Waals surface area (Å²) in [6.07, 6.45) is 0. The number of carbonyl (C=O) groups excluding carboxylic acids is 1. The fourth-order valence-electron chi connectivity index (χ4n) is 1.51. The molecule has 0 aromatic rings. The molecule has 0 fully saturated rings. The van der Waals surface area contributed by atoms with Crippen LogP contribution in [0.25, 0.3) is 0 Å². The molecule has 2 N–H and O–H groups in total. The third-order valence-electron chi connectivity index (χ3n) is 3.97. The van der Waals surface area contributed by atoms with Crippen molar-refractivity contribution in [2.45, 2.75) is 54.5 Å². The molecule has 0 spiro atoms. The molecule has 84 valence electrons. The molecule has 0 rings (SSSR count). The summed E-state index contributed by atoms with van der Waals surface area (Å²) in [5.74, 6) is 0.634. The highest BCUT2D eigenvalue weighted by Crippen LogP contribution is 2.38. The number of nitrogens with two attached hydrogens (primary N) is 1. The van der Waals surface area contributed by atoms with Crippen LogP contribution in [0.1, 0.15) is 48.5 Å². The zero-order chi connectivity index (χ0) is 11.7. The van der Waals surface area contributed by atoms with Crippen molar-refractivity contribution in [2.75, 3.05) is 0 Å². The number of rotatable bonds is 4. The lowest BCUT2D eigenvalue weighted by molar-refractivity contribution is -0.128. The molecule has 0 saturated carbocycles. The van der Waals surface area contributed by atoms with Crippen molar-refractivity contribution >= 4 is 5.78 Å². The van der Waals surface area contributed by atoms with Crippen LogP contribution in [0.2, 0.25) is 0 Å². The molecule has 0 saturated heterocycles. The Kier molecular flexibility index (Phi) is 3.91. The average Bonchev–Trinajstić information content (AvgIpc) is 2.02. The Bertz CT molecular complexity index is 216. The summed E-state index contributed by atoms with van der Waals surface area (Å²) in [5.41, 5.74) is 5.75. The summed E-state index contributed by atoms with van der Waals surface area (Å²) in [7, 11) is 0. The van der Waals surface area contributed by atoms with E-state index in [0.717, 1.165) is 0 Å². The SMILES string of the molecule is CC(=O)C(C)(C)C(N)C(C)(C)C(C)C. The van der Waals surface area contributed by atoms with E-state index in [0.29, 0.717) is 5.92 Å². The van der Waals surface area contributed by atoms with E-state index in [4.69, 9.17) is 5.73 Å². The highest BCUT2D eigenvalue weighted by Gasteiger charge is 2.42. The topological polar surface area (TPSA) is 43.1 Å². The van der Waals surface area contributed by atoms with E-state index in [-0.39, 0.29) is 17.2 Å². The van der Waals surface area contributed by atoms with E-state index in [9.17, 15) is 4.79 Å². The first-order valence-electron chi connectivity index (χ1n) is 5.31. The monoisotopic (exact) mass is 199 g/mol. The molecule has 0 amide bonds. The second-order valence-corrected chi connectivity index (χ2v) is 5.73. The Hall–Kier alpha value is -0.370. The lowest BCUT2D eigenvalue weighted by atomic mass is 9.64. The molecular weight excluding hydrogens is 174 g/mol. The second-order valence-electron chi connectivity index (χ2n) is 5.73. The number of hydrogen-bond acceptors (Lipinski definition) is 2. The van der Waals surface area contributed by atoms with Gasteiger partial charge in [0.25, 0.3) is 0 Å². The van der Waals surface area contributed by atoms with Gasteiger partial charge in [-0.05, 0) is 18.3 Å². The summed E-state index contributed by atoms with van der Waals surface area (Å²) in [6, 6.07) is -0.104. The second kappa shape index (κ2) is 4.01. The molecule has 0 aliphatic carbocycles. The summed E-state index contributed by atoms with van der Waals surface area (Å²) in [6.45, 7) is 14.1. The molecule has 2 heteroatoms. The van der Waals surface area contributed by atoms with E-state index in [1.54, 1.807) is 6.92 Å². The van der Waals surface area contributed by atoms with Gasteiger partial charge in [-0.15, -0.1) is 0 Å². The molecule has 0 aliphatic rings. The smallest absolute Gasteiger partial charge is 0.136 e. The number of carbonyl (C=O) groups is 1. The van der Waals surface area contributed by atoms with Crippen LogP contribution < -0.4 is 5.73 Å². The molecule has 14 heavy (non-hydrogen) atoms. The molecule has 0 aliphatic heterocycles. The van der Waals surface area contributed by atoms with E-state index in [1.807, 2.05) is 13.8 Å². The molecule has 0 bridgehead atoms. The Morgan fingerprint density at radius 2 is 1.50 bits per heavy atom. The van der Waals surface area contributed by atoms with Gasteiger partial charge in [0.05, 0.1) is 0 Å². The fraction of sp³-hybridized carbons (Fsp3) is 0.917. The van der Waals surface area contributed by atoms with E-state index < -0.39 is 5.41 Å². The van der Waals surface area contributed by atoms with Crippen LogP contribution in [0.5, 0.6) is 0 Å². The zero-order valence-corrected chi connectivity index (χ0v) is 10.6. The van der Waals surface area contributed by atoms with Crippen molar-refractivity contribution in [3.8, 4) is 0 Å². The average molecular weight is 199 g/mol. The third kappa shape index (κ3) is 2.35. The predicted molar refractivity (Wildman–Crippen MR) is 61.1 cm³/mol. The molecule has 0 heterocycles. The summed E-state index contributed by atoms with van der Waals surface area (Å²) < 4.78 is 0. The summed E-state index contributed by atoms with van der Waals surface area (Å²) in [4.78, 5) is 11.5. The molecule has 0 aromatic carbocycles. The first kappa shape index (κ1) is 13.6. The number of hydrogen-bond donors (Lipinski definition) is 1.